The monoisotopic (exact) mass is 259 g/mol. The molecule has 9 heavy (non-hydrogen) atoms. The molecule has 0 saturated heterocycles. The molecule has 0 aromatic carbocycles. The van der Waals surface area contributed by atoms with Crippen molar-refractivity contribution in [2.75, 3.05) is 26.6 Å². The van der Waals surface area contributed by atoms with Crippen LogP contribution in [0.5, 0.6) is 0 Å². The Morgan fingerprint density at radius 3 is 2.11 bits per heavy atom. The first-order valence-corrected chi connectivity index (χ1v) is 2.97. The van der Waals surface area contributed by atoms with Gasteiger partial charge in [-0.25, -0.2) is 0 Å². The quantitative estimate of drug-likeness (QED) is 0.175. The van der Waals surface area contributed by atoms with Crippen molar-refractivity contribution in [2.24, 2.45) is 0 Å². The molecule has 1 nitrogen and oxygen atoms in total. The topological polar surface area (TPSA) is 0 Å². The molecule has 0 atom stereocenters. The average molecular weight is 260 g/mol. The molecule has 54 valence electrons. The van der Waals surface area contributed by atoms with Crippen molar-refractivity contribution in [3.8, 4) is 12.3 Å². The van der Waals surface area contributed by atoms with Crippen LogP contribution >= 0.6 is 11.6 Å². The molecule has 0 aromatic heterocycles. The summed E-state index contributed by atoms with van der Waals surface area (Å²) in [6.45, 7) is 0.698. The van der Waals surface area contributed by atoms with Gasteiger partial charge < -0.3 is 28.5 Å². The van der Waals surface area contributed by atoms with Gasteiger partial charge in [0.1, 0.15) is 6.54 Å². The molecule has 0 spiro atoms. The second-order valence-electron chi connectivity index (χ2n) is 2.42. The second-order valence-corrected chi connectivity index (χ2v) is 2.66. The van der Waals surface area contributed by atoms with Crippen LogP contribution in [0.1, 0.15) is 0 Å². The Balaban J connectivity index is 0. The average Bonchev–Trinajstić information content (AvgIpc) is 1.67. The normalized spacial score (nSPS) is 9.56. The summed E-state index contributed by atoms with van der Waals surface area (Å²) in [5, 5.41) is 0. The van der Waals surface area contributed by atoms with Crippen molar-refractivity contribution >= 4 is 11.6 Å². The van der Waals surface area contributed by atoms with Crippen molar-refractivity contribution in [3.05, 3.63) is 0 Å². The van der Waals surface area contributed by atoms with Gasteiger partial charge in [-0.05, 0) is 5.92 Å². The van der Waals surface area contributed by atoms with Gasteiger partial charge in [-0.3, -0.25) is 0 Å². The maximum atomic E-state index is 5.55. The highest BCUT2D eigenvalue weighted by atomic mass is 127. The summed E-state index contributed by atoms with van der Waals surface area (Å²) in [5.74, 6) is 2.55. The number of quaternary nitrogens is 1. The molecule has 3 heteroatoms. The summed E-state index contributed by atoms with van der Waals surface area (Å²) in [4.78, 5) is 0. The van der Waals surface area contributed by atoms with Gasteiger partial charge in [0.15, 0.2) is 6.00 Å². The van der Waals surface area contributed by atoms with E-state index in [1.807, 2.05) is 14.1 Å². The number of hydrogen-bond donors (Lipinski definition) is 0. The van der Waals surface area contributed by atoms with E-state index in [4.69, 9.17) is 18.0 Å². The third-order valence-corrected chi connectivity index (χ3v) is 1.49. The van der Waals surface area contributed by atoms with Crippen LogP contribution in [0.15, 0.2) is 0 Å². The van der Waals surface area contributed by atoms with Crippen LogP contribution in [0, 0.1) is 12.3 Å². The smallest absolute Gasteiger partial charge is 0.155 e. The number of terminal acetylenes is 1. The zero-order valence-electron chi connectivity index (χ0n) is 5.69. The van der Waals surface area contributed by atoms with Crippen molar-refractivity contribution in [2.45, 2.75) is 0 Å². The van der Waals surface area contributed by atoms with Gasteiger partial charge in [-0.2, -0.15) is 0 Å². The lowest BCUT2D eigenvalue weighted by atomic mass is 10.5. The fourth-order valence-electron chi connectivity index (χ4n) is 0.289. The summed E-state index contributed by atoms with van der Waals surface area (Å²) in [6, 6.07) is 0.574. The van der Waals surface area contributed by atoms with Crippen LogP contribution in [-0.2, 0) is 0 Å². The second kappa shape index (κ2) is 5.33. The number of hydrogen-bond acceptors (Lipinski definition) is 0. The number of nitrogens with zero attached hydrogens (tertiary/aromatic N) is 1. The largest absolute Gasteiger partial charge is 1.00 e. The molecule has 0 heterocycles. The number of alkyl halides is 1. The molecule has 0 radical (unpaired) electrons. The van der Waals surface area contributed by atoms with Crippen LogP contribution in [0.2, 0.25) is 0 Å². The Morgan fingerprint density at radius 2 is 2.00 bits per heavy atom. The Morgan fingerprint density at radius 1 is 1.56 bits per heavy atom. The molecule has 0 amide bonds. The Labute approximate surface area is 79.0 Å². The first kappa shape index (κ1) is 12.2. The summed E-state index contributed by atoms with van der Waals surface area (Å²) < 4.78 is 0.693. The maximum Gasteiger partial charge on any atom is 0.155 e. The minimum absolute atomic E-state index is 0. The molecule has 0 aliphatic heterocycles. The van der Waals surface area contributed by atoms with Crippen molar-refractivity contribution in [1.82, 2.24) is 0 Å². The molecule has 0 rings (SSSR count). The molecule has 0 N–H and O–H groups in total. The van der Waals surface area contributed by atoms with Crippen LogP contribution in [-0.4, -0.2) is 31.1 Å². The summed E-state index contributed by atoms with van der Waals surface area (Å²) in [5.41, 5.74) is 0. The molecule has 0 aliphatic carbocycles. The number of halogens is 2. The van der Waals surface area contributed by atoms with E-state index < -0.39 is 0 Å². The molecule has 0 aliphatic rings. The zero-order chi connectivity index (χ0) is 6.62. The van der Waals surface area contributed by atoms with Crippen molar-refractivity contribution < 1.29 is 28.5 Å². The highest BCUT2D eigenvalue weighted by Crippen LogP contribution is 1.95. The fourth-order valence-corrected chi connectivity index (χ4v) is 0.374. The van der Waals surface area contributed by atoms with E-state index in [1.54, 1.807) is 0 Å². The SMILES string of the molecule is C#CC[N+](C)(C)CCl.[I-]. The Hall–Kier alpha value is 0.540. The fraction of sp³-hybridized carbons (Fsp3) is 0.667. The summed E-state index contributed by atoms with van der Waals surface area (Å²) >= 11 is 5.55. The van der Waals surface area contributed by atoms with Crippen LogP contribution in [0.3, 0.4) is 0 Å². The summed E-state index contributed by atoms with van der Waals surface area (Å²) in [7, 11) is 3.99. The van der Waals surface area contributed by atoms with Crippen molar-refractivity contribution in [3.63, 3.8) is 0 Å². The van der Waals surface area contributed by atoms with Gasteiger partial charge in [0.2, 0.25) is 0 Å². The van der Waals surface area contributed by atoms with E-state index in [9.17, 15) is 0 Å². The van der Waals surface area contributed by atoms with E-state index >= 15 is 0 Å². The zero-order valence-corrected chi connectivity index (χ0v) is 8.61. The van der Waals surface area contributed by atoms with Gasteiger partial charge in [0.25, 0.3) is 0 Å². The molecular weight excluding hydrogens is 248 g/mol. The van der Waals surface area contributed by atoms with Gasteiger partial charge in [0.05, 0.1) is 14.1 Å². The third kappa shape index (κ3) is 6.42. The van der Waals surface area contributed by atoms with E-state index in [1.165, 1.54) is 0 Å². The first-order valence-electron chi connectivity index (χ1n) is 2.44. The molecule has 0 aromatic rings. The molecule has 0 unspecified atom stereocenters. The molecule has 0 fully saturated rings. The van der Waals surface area contributed by atoms with Gasteiger partial charge >= 0.3 is 0 Å². The van der Waals surface area contributed by atoms with Gasteiger partial charge in [-0.1, -0.05) is 11.6 Å². The van der Waals surface area contributed by atoms with Crippen molar-refractivity contribution in [1.29, 1.82) is 0 Å². The summed E-state index contributed by atoms with van der Waals surface area (Å²) in [6.07, 6.45) is 5.07. The Bertz CT molecular complexity index is 106. The van der Waals surface area contributed by atoms with E-state index in [0.717, 1.165) is 0 Å². The number of rotatable bonds is 2. The van der Waals surface area contributed by atoms with Crippen LogP contribution in [0.25, 0.3) is 0 Å². The lowest BCUT2D eigenvalue weighted by Crippen LogP contribution is -3.00. The molecule has 0 saturated carbocycles. The predicted molar refractivity (Wildman–Crippen MR) is 36.5 cm³/mol. The first-order chi connectivity index (χ1) is 3.62. The van der Waals surface area contributed by atoms with Gasteiger partial charge in [-0.15, -0.1) is 6.42 Å². The Kier molecular flexibility index (Phi) is 7.25. The minimum atomic E-state index is 0. The third-order valence-electron chi connectivity index (χ3n) is 0.843. The van der Waals surface area contributed by atoms with Gasteiger partial charge in [0, 0.05) is 0 Å². The lowest BCUT2D eigenvalue weighted by Gasteiger charge is -2.23. The van der Waals surface area contributed by atoms with E-state index in [-0.39, 0.29) is 24.0 Å². The minimum Gasteiger partial charge on any atom is -1.00 e. The van der Waals surface area contributed by atoms with Crippen LogP contribution < -0.4 is 24.0 Å². The predicted octanol–water partition coefficient (Wildman–Crippen LogP) is -2.10. The maximum absolute atomic E-state index is 5.55. The highest BCUT2D eigenvalue weighted by Gasteiger charge is 2.08. The standard InChI is InChI=1S/C6H11ClN.HI/c1-4-5-8(2,3)6-7;/h1H,5-6H2,2-3H3;1H/q+1;/p-1. The molecule has 0 bridgehead atoms. The lowest BCUT2D eigenvalue weighted by molar-refractivity contribution is -0.871. The highest BCUT2D eigenvalue weighted by molar-refractivity contribution is 6.16. The van der Waals surface area contributed by atoms with Crippen LogP contribution in [0.4, 0.5) is 0 Å². The van der Waals surface area contributed by atoms with E-state index in [0.29, 0.717) is 17.0 Å². The van der Waals surface area contributed by atoms with E-state index in [2.05, 4.69) is 5.92 Å². The molecular formula is C6H11ClIN.